The summed E-state index contributed by atoms with van der Waals surface area (Å²) in [4.78, 5) is 22.2. The molecule has 13 heteroatoms. The number of benzene rings is 3. The predicted molar refractivity (Wildman–Crippen MR) is 150 cm³/mol. The fourth-order valence-electron chi connectivity index (χ4n) is 3.73. The molecule has 40 heavy (non-hydrogen) atoms. The molecule has 0 fully saturated rings. The fraction of sp³-hybridized carbons (Fsp3) is 0.222. The Morgan fingerprint density at radius 3 is 2.40 bits per heavy atom. The average Bonchev–Trinajstić information content (AvgIpc) is 2.93. The normalized spacial score (nSPS) is 11.7. The highest BCUT2D eigenvalue weighted by Crippen LogP contribution is 2.35. The summed E-state index contributed by atoms with van der Waals surface area (Å²) in [5, 5.41) is 0.528. The average molecular weight is 610 g/mol. The number of nitrogens with zero attached hydrogens (tertiary/aromatic N) is 3. The number of fused-ring (bicyclic) bond motifs is 1. The molecule has 210 valence electrons. The molecule has 1 heterocycles. The molecule has 0 saturated carbocycles. The van der Waals surface area contributed by atoms with E-state index in [0.717, 1.165) is 0 Å². The third-order valence-corrected chi connectivity index (χ3v) is 8.97. The molecule has 0 saturated heterocycles. The van der Waals surface area contributed by atoms with Crippen LogP contribution in [0.15, 0.2) is 54.7 Å². The number of hydrogen-bond donors (Lipinski definition) is 0. The number of halogens is 4. The summed E-state index contributed by atoms with van der Waals surface area (Å²) in [7, 11) is -4.22. The quantitative estimate of drug-likeness (QED) is 0.0587. The number of carbonyl (C=O) groups is 1. The smallest absolute Gasteiger partial charge is 0.246 e. The zero-order valence-corrected chi connectivity index (χ0v) is 23.7. The zero-order chi connectivity index (χ0) is 29.0. The highest BCUT2D eigenvalue weighted by molar-refractivity contribution is 8.12. The number of ketones is 1. The lowest BCUT2D eigenvalue weighted by Crippen LogP contribution is -2.29. The summed E-state index contributed by atoms with van der Waals surface area (Å²) in [5.74, 6) is -6.52. The van der Waals surface area contributed by atoms with Gasteiger partial charge in [0.05, 0.1) is 40.8 Å². The number of carbonyl (C=O) groups excluding carboxylic acids is 1. The van der Waals surface area contributed by atoms with Gasteiger partial charge >= 0.3 is 0 Å². The van der Waals surface area contributed by atoms with Crippen molar-refractivity contribution in [2.24, 2.45) is 0 Å². The summed E-state index contributed by atoms with van der Waals surface area (Å²) in [6.45, 7) is 3.47. The van der Waals surface area contributed by atoms with Crippen LogP contribution >= 0.6 is 23.8 Å². The van der Waals surface area contributed by atoms with Gasteiger partial charge in [0, 0.05) is 22.2 Å². The van der Waals surface area contributed by atoms with Crippen molar-refractivity contribution in [3.63, 3.8) is 0 Å². The maximum atomic E-state index is 15.8. The maximum absolute atomic E-state index is 15.8. The van der Waals surface area contributed by atoms with Crippen LogP contribution in [0.2, 0.25) is 5.02 Å². The van der Waals surface area contributed by atoms with Crippen molar-refractivity contribution >= 4 is 56.4 Å². The van der Waals surface area contributed by atoms with E-state index in [-0.39, 0.29) is 36.3 Å². The second-order valence-electron chi connectivity index (χ2n) is 8.61. The van der Waals surface area contributed by atoms with Crippen molar-refractivity contribution in [1.29, 1.82) is 0 Å². The highest BCUT2D eigenvalue weighted by Gasteiger charge is 2.33. The van der Waals surface area contributed by atoms with Crippen LogP contribution in [-0.2, 0) is 14.2 Å². The van der Waals surface area contributed by atoms with Gasteiger partial charge < -0.3 is 0 Å². The summed E-state index contributed by atoms with van der Waals surface area (Å²) in [6, 6.07) is 11.2. The van der Waals surface area contributed by atoms with Gasteiger partial charge in [0.25, 0.3) is 0 Å². The molecular formula is C27H23ClF3N3O4S2. The Morgan fingerprint density at radius 1 is 1.00 bits per heavy atom. The Labute approximate surface area is 238 Å². The molecule has 0 aliphatic rings. The van der Waals surface area contributed by atoms with E-state index in [9.17, 15) is 22.0 Å². The molecule has 0 aliphatic carbocycles. The minimum Gasteiger partial charge on any atom is -0.296 e. The Kier molecular flexibility index (Phi) is 9.34. The molecule has 0 unspecified atom stereocenters. The molecule has 0 N–H and O–H groups in total. The standard InChI is InChI=1S/C27H23ClF3N3O4S2/c1-3-11-38-39-34(40(36,37)12-4-2)23-14-19(29)25(30)24(26(23)31)27(35)17-7-10-20-21(13-17)33-22(15-32-20)16-5-8-18(28)9-6-16/h5-10,13-15H,3-4,11-12H2,1-2H3. The summed E-state index contributed by atoms with van der Waals surface area (Å²) < 4.78 is 76.9. The van der Waals surface area contributed by atoms with Gasteiger partial charge in [-0.15, -0.1) is 0 Å². The van der Waals surface area contributed by atoms with E-state index in [2.05, 4.69) is 9.97 Å². The van der Waals surface area contributed by atoms with Gasteiger partial charge in [0.1, 0.15) is 17.9 Å². The first kappa shape index (κ1) is 29.8. The lowest BCUT2D eigenvalue weighted by molar-refractivity contribution is 0.103. The Balaban J connectivity index is 1.80. The van der Waals surface area contributed by atoms with E-state index in [4.69, 9.17) is 15.8 Å². The van der Waals surface area contributed by atoms with E-state index in [1.165, 1.54) is 24.4 Å². The van der Waals surface area contributed by atoms with Gasteiger partial charge in [-0.25, -0.2) is 26.6 Å². The van der Waals surface area contributed by atoms with Gasteiger partial charge in [-0.05, 0) is 43.2 Å². The van der Waals surface area contributed by atoms with Crippen LogP contribution in [0.3, 0.4) is 0 Å². The van der Waals surface area contributed by atoms with Gasteiger partial charge in [-0.3, -0.25) is 14.0 Å². The first-order chi connectivity index (χ1) is 19.1. The fourth-order valence-corrected chi connectivity index (χ4v) is 6.24. The lowest BCUT2D eigenvalue weighted by atomic mass is 10.0. The van der Waals surface area contributed by atoms with Crippen LogP contribution in [0.4, 0.5) is 18.9 Å². The van der Waals surface area contributed by atoms with Crippen LogP contribution in [0.5, 0.6) is 0 Å². The van der Waals surface area contributed by atoms with Crippen molar-refractivity contribution in [3.05, 3.63) is 88.3 Å². The Hall–Kier alpha value is -3.19. The van der Waals surface area contributed by atoms with E-state index in [1.54, 1.807) is 38.1 Å². The molecule has 0 amide bonds. The molecule has 1 aromatic heterocycles. The van der Waals surface area contributed by atoms with Crippen LogP contribution < -0.4 is 3.71 Å². The third kappa shape index (κ3) is 6.25. The Bertz CT molecular complexity index is 1670. The molecule has 0 bridgehead atoms. The monoisotopic (exact) mass is 609 g/mol. The van der Waals surface area contributed by atoms with Crippen LogP contribution in [0, 0.1) is 17.5 Å². The third-order valence-electron chi connectivity index (χ3n) is 5.63. The van der Waals surface area contributed by atoms with E-state index in [0.29, 0.717) is 38.0 Å². The van der Waals surface area contributed by atoms with Crippen LogP contribution in [0.1, 0.15) is 42.6 Å². The predicted octanol–water partition coefficient (Wildman–Crippen LogP) is 7.13. The summed E-state index contributed by atoms with van der Waals surface area (Å²) in [5.41, 5.74) is -0.518. The van der Waals surface area contributed by atoms with Crippen molar-refractivity contribution in [2.45, 2.75) is 26.7 Å². The van der Waals surface area contributed by atoms with Crippen LogP contribution in [-0.4, -0.2) is 36.5 Å². The van der Waals surface area contributed by atoms with Gasteiger partial charge in [-0.2, -0.15) is 3.71 Å². The number of sulfonamides is 1. The molecule has 4 rings (SSSR count). The minimum atomic E-state index is -4.22. The van der Waals surface area contributed by atoms with Crippen molar-refractivity contribution in [2.75, 3.05) is 16.1 Å². The van der Waals surface area contributed by atoms with Gasteiger partial charge in [0.2, 0.25) is 10.0 Å². The van der Waals surface area contributed by atoms with Gasteiger partial charge in [-0.1, -0.05) is 37.6 Å². The largest absolute Gasteiger partial charge is 0.296 e. The maximum Gasteiger partial charge on any atom is 0.246 e. The molecule has 0 aliphatic heterocycles. The number of rotatable bonds is 11. The zero-order valence-electron chi connectivity index (χ0n) is 21.3. The molecule has 0 spiro atoms. The molecule has 0 atom stereocenters. The van der Waals surface area contributed by atoms with E-state index in [1.807, 2.05) is 0 Å². The second-order valence-corrected chi connectivity index (χ2v) is 12.0. The SMILES string of the molecule is CCCOSN(c1cc(F)c(F)c(C(=O)c2ccc3ncc(-c4ccc(Cl)cc4)nc3c2)c1F)S(=O)(=O)CCC. The Morgan fingerprint density at radius 2 is 1.73 bits per heavy atom. The molecule has 7 nitrogen and oxygen atoms in total. The van der Waals surface area contributed by atoms with Crippen molar-refractivity contribution in [3.8, 4) is 11.3 Å². The molecule has 0 radical (unpaired) electrons. The second kappa shape index (κ2) is 12.5. The first-order valence-corrected chi connectivity index (χ1v) is 14.8. The van der Waals surface area contributed by atoms with Crippen LogP contribution in [0.25, 0.3) is 22.3 Å². The lowest BCUT2D eigenvalue weighted by Gasteiger charge is -2.23. The number of aromatic nitrogens is 2. The first-order valence-electron chi connectivity index (χ1n) is 12.1. The van der Waals surface area contributed by atoms with Crippen molar-refractivity contribution < 1.29 is 30.6 Å². The number of anilines is 1. The highest BCUT2D eigenvalue weighted by atomic mass is 35.5. The van der Waals surface area contributed by atoms with E-state index < -0.39 is 50.3 Å². The molecule has 4 aromatic rings. The van der Waals surface area contributed by atoms with E-state index >= 15 is 4.39 Å². The topological polar surface area (TPSA) is 89.5 Å². The van der Waals surface area contributed by atoms with Crippen molar-refractivity contribution in [1.82, 2.24) is 9.97 Å². The number of hydrogen-bond acceptors (Lipinski definition) is 7. The summed E-state index contributed by atoms with van der Waals surface area (Å²) in [6.07, 6.45) is 2.21. The molecular weight excluding hydrogens is 587 g/mol. The molecule has 3 aromatic carbocycles. The minimum absolute atomic E-state index is 0.107. The van der Waals surface area contributed by atoms with Gasteiger partial charge in [0.15, 0.2) is 23.2 Å². The summed E-state index contributed by atoms with van der Waals surface area (Å²) >= 11 is 6.21.